The number of rotatable bonds is 6. The van der Waals surface area contributed by atoms with Crippen LogP contribution in [-0.2, 0) is 16.4 Å². The van der Waals surface area contributed by atoms with E-state index in [1.165, 1.54) is 18.2 Å². The molecule has 5 nitrogen and oxygen atoms in total. The van der Waals surface area contributed by atoms with Gasteiger partial charge in [0, 0.05) is 11.3 Å². The molecule has 0 heterocycles. The molecule has 0 atom stereocenters. The van der Waals surface area contributed by atoms with Gasteiger partial charge in [0.2, 0.25) is 0 Å². The summed E-state index contributed by atoms with van der Waals surface area (Å²) in [6, 6.07) is 15.4. The van der Waals surface area contributed by atoms with Gasteiger partial charge in [0.25, 0.3) is 15.9 Å². The molecule has 31 heavy (non-hydrogen) atoms. The summed E-state index contributed by atoms with van der Waals surface area (Å²) in [6.45, 7) is 7.67. The van der Waals surface area contributed by atoms with Gasteiger partial charge in [-0.3, -0.25) is 9.52 Å². The average molecular weight is 457 g/mol. The molecule has 1 amide bonds. The first-order valence-electron chi connectivity index (χ1n) is 9.92. The molecule has 0 aliphatic carbocycles. The van der Waals surface area contributed by atoms with Gasteiger partial charge in [-0.15, -0.1) is 0 Å². The first-order valence-corrected chi connectivity index (χ1v) is 11.8. The fraction of sp³-hybridized carbons (Fsp3) is 0.208. The summed E-state index contributed by atoms with van der Waals surface area (Å²) < 4.78 is 28.7. The van der Waals surface area contributed by atoms with Gasteiger partial charge in [-0.05, 0) is 73.7 Å². The summed E-state index contributed by atoms with van der Waals surface area (Å²) in [5.41, 5.74) is 5.14. The normalized spacial score (nSPS) is 11.3. The van der Waals surface area contributed by atoms with Crippen LogP contribution in [0, 0.1) is 20.8 Å². The molecule has 0 spiro atoms. The Hall–Kier alpha value is -2.83. The lowest BCUT2D eigenvalue weighted by molar-refractivity contribution is 0.102. The van der Waals surface area contributed by atoms with Crippen molar-refractivity contribution in [3.05, 3.63) is 87.4 Å². The minimum Gasteiger partial charge on any atom is -0.321 e. The first-order chi connectivity index (χ1) is 14.6. The van der Waals surface area contributed by atoms with Crippen LogP contribution in [-0.4, -0.2) is 14.3 Å². The van der Waals surface area contributed by atoms with E-state index in [2.05, 4.69) is 10.0 Å². The van der Waals surface area contributed by atoms with Crippen molar-refractivity contribution in [1.29, 1.82) is 0 Å². The van der Waals surface area contributed by atoms with E-state index in [1.807, 2.05) is 52.0 Å². The quantitative estimate of drug-likeness (QED) is 0.486. The highest BCUT2D eigenvalue weighted by molar-refractivity contribution is 7.92. The maximum absolute atomic E-state index is 13.0. The maximum atomic E-state index is 13.0. The fourth-order valence-electron chi connectivity index (χ4n) is 3.30. The number of carbonyl (C=O) groups excluding carboxylic acids is 1. The first kappa shape index (κ1) is 22.8. The Morgan fingerprint density at radius 3 is 2.35 bits per heavy atom. The monoisotopic (exact) mass is 456 g/mol. The third-order valence-corrected chi connectivity index (χ3v) is 7.16. The largest absolute Gasteiger partial charge is 0.321 e. The third kappa shape index (κ3) is 4.92. The van der Waals surface area contributed by atoms with E-state index in [-0.39, 0.29) is 15.5 Å². The Morgan fingerprint density at radius 1 is 0.968 bits per heavy atom. The van der Waals surface area contributed by atoms with E-state index in [9.17, 15) is 13.2 Å². The molecule has 0 unspecified atom stereocenters. The number of benzene rings is 3. The molecule has 3 aromatic rings. The number of nitrogens with one attached hydrogen (secondary N) is 2. The smallest absolute Gasteiger partial charge is 0.263 e. The SMILES string of the molecule is CCc1cccc(C)c1NC(=O)c1ccc(Cl)c(S(=O)(=O)Nc2cccc(C)c2C)c1. The van der Waals surface area contributed by atoms with E-state index >= 15 is 0 Å². The van der Waals surface area contributed by atoms with Crippen molar-refractivity contribution < 1.29 is 13.2 Å². The number of hydrogen-bond donors (Lipinski definition) is 2. The molecule has 0 radical (unpaired) electrons. The van der Waals surface area contributed by atoms with Crippen molar-refractivity contribution in [2.75, 3.05) is 10.0 Å². The van der Waals surface area contributed by atoms with Crippen LogP contribution in [0.25, 0.3) is 0 Å². The summed E-state index contributed by atoms with van der Waals surface area (Å²) in [7, 11) is -4.00. The number of amides is 1. The standard InChI is InChI=1S/C24H25ClN2O3S/c1-5-18-10-6-9-16(3)23(18)26-24(28)19-12-13-20(25)22(14-19)31(29,30)27-21-11-7-8-15(2)17(21)4/h6-14,27H,5H2,1-4H3,(H,26,28). The van der Waals surface area contributed by atoms with Gasteiger partial charge in [-0.2, -0.15) is 0 Å². The molecule has 0 bridgehead atoms. The summed E-state index contributed by atoms with van der Waals surface area (Å²) in [4.78, 5) is 12.8. The topological polar surface area (TPSA) is 75.3 Å². The molecular weight excluding hydrogens is 432 g/mol. The molecule has 7 heteroatoms. The van der Waals surface area contributed by atoms with Crippen LogP contribution in [0.1, 0.15) is 39.5 Å². The Kier molecular flexibility index (Phi) is 6.72. The van der Waals surface area contributed by atoms with Crippen LogP contribution in [0.4, 0.5) is 11.4 Å². The lowest BCUT2D eigenvalue weighted by atomic mass is 10.1. The van der Waals surface area contributed by atoms with Crippen LogP contribution >= 0.6 is 11.6 Å². The summed E-state index contributed by atoms with van der Waals surface area (Å²) in [5, 5.41) is 2.95. The third-order valence-electron chi connectivity index (χ3n) is 5.31. The van der Waals surface area contributed by atoms with Crippen LogP contribution in [0.5, 0.6) is 0 Å². The van der Waals surface area contributed by atoms with Gasteiger partial charge < -0.3 is 5.32 Å². The zero-order valence-corrected chi connectivity index (χ0v) is 19.5. The number of aryl methyl sites for hydroxylation is 3. The number of carbonyl (C=O) groups is 1. The number of sulfonamides is 1. The van der Waals surface area contributed by atoms with Gasteiger partial charge in [0.15, 0.2) is 0 Å². The van der Waals surface area contributed by atoms with Gasteiger partial charge >= 0.3 is 0 Å². The van der Waals surface area contributed by atoms with E-state index in [0.717, 1.165) is 34.4 Å². The van der Waals surface area contributed by atoms with Crippen molar-refractivity contribution in [3.63, 3.8) is 0 Å². The molecule has 0 fully saturated rings. The molecule has 0 saturated heterocycles. The molecule has 0 aliphatic rings. The number of halogens is 1. The maximum Gasteiger partial charge on any atom is 0.263 e. The molecule has 2 N–H and O–H groups in total. The Labute approximate surface area is 188 Å². The second-order valence-corrected chi connectivity index (χ2v) is 9.47. The average Bonchev–Trinajstić information content (AvgIpc) is 2.72. The Morgan fingerprint density at radius 2 is 1.65 bits per heavy atom. The lowest BCUT2D eigenvalue weighted by Gasteiger charge is -2.15. The van der Waals surface area contributed by atoms with E-state index < -0.39 is 15.9 Å². The van der Waals surface area contributed by atoms with Crippen molar-refractivity contribution in [2.45, 2.75) is 39.0 Å². The van der Waals surface area contributed by atoms with Crippen molar-refractivity contribution >= 4 is 38.9 Å². The highest BCUT2D eigenvalue weighted by atomic mass is 35.5. The van der Waals surface area contributed by atoms with E-state index in [1.54, 1.807) is 12.1 Å². The predicted molar refractivity (Wildman–Crippen MR) is 127 cm³/mol. The minimum atomic E-state index is -4.00. The summed E-state index contributed by atoms with van der Waals surface area (Å²) in [6.07, 6.45) is 0.761. The highest BCUT2D eigenvalue weighted by Crippen LogP contribution is 2.28. The highest BCUT2D eigenvalue weighted by Gasteiger charge is 2.22. The molecule has 0 saturated carbocycles. The molecule has 3 rings (SSSR count). The van der Waals surface area contributed by atoms with Crippen LogP contribution < -0.4 is 10.0 Å². The van der Waals surface area contributed by atoms with Crippen LogP contribution in [0.3, 0.4) is 0 Å². The fourth-order valence-corrected chi connectivity index (χ4v) is 4.95. The molecule has 0 aromatic heterocycles. The zero-order valence-electron chi connectivity index (χ0n) is 17.9. The number of anilines is 2. The van der Waals surface area contributed by atoms with Crippen LogP contribution in [0.15, 0.2) is 59.5 Å². The van der Waals surface area contributed by atoms with Gasteiger partial charge in [-0.1, -0.05) is 48.9 Å². The summed E-state index contributed by atoms with van der Waals surface area (Å²) >= 11 is 6.20. The number of para-hydroxylation sites is 1. The van der Waals surface area contributed by atoms with Crippen molar-refractivity contribution in [3.8, 4) is 0 Å². The van der Waals surface area contributed by atoms with Crippen molar-refractivity contribution in [2.24, 2.45) is 0 Å². The van der Waals surface area contributed by atoms with Gasteiger partial charge in [0.1, 0.15) is 4.90 Å². The van der Waals surface area contributed by atoms with E-state index in [4.69, 9.17) is 11.6 Å². The molecular formula is C24H25ClN2O3S. The summed E-state index contributed by atoms with van der Waals surface area (Å²) in [5.74, 6) is -0.399. The molecule has 3 aromatic carbocycles. The van der Waals surface area contributed by atoms with Crippen LogP contribution in [0.2, 0.25) is 5.02 Å². The van der Waals surface area contributed by atoms with E-state index in [0.29, 0.717) is 5.69 Å². The van der Waals surface area contributed by atoms with Crippen molar-refractivity contribution in [1.82, 2.24) is 0 Å². The Bertz CT molecular complexity index is 1250. The number of hydrogen-bond acceptors (Lipinski definition) is 3. The van der Waals surface area contributed by atoms with Gasteiger partial charge in [-0.25, -0.2) is 8.42 Å². The lowest BCUT2D eigenvalue weighted by Crippen LogP contribution is -2.18. The minimum absolute atomic E-state index is 0.0412. The van der Waals surface area contributed by atoms with Gasteiger partial charge in [0.05, 0.1) is 10.7 Å². The molecule has 162 valence electrons. The predicted octanol–water partition coefficient (Wildman–Crippen LogP) is 5.88. The zero-order chi connectivity index (χ0) is 22.8. The second kappa shape index (κ2) is 9.12. The second-order valence-electron chi connectivity index (χ2n) is 7.41. The Balaban J connectivity index is 1.95. The molecule has 0 aliphatic heterocycles.